The summed E-state index contributed by atoms with van der Waals surface area (Å²) in [7, 11) is -1.97. The molecule has 0 atom stereocenters. The van der Waals surface area contributed by atoms with E-state index >= 15 is 0 Å². The summed E-state index contributed by atoms with van der Waals surface area (Å²) in [6.45, 7) is 2.16. The third-order valence-electron chi connectivity index (χ3n) is 4.28. The van der Waals surface area contributed by atoms with E-state index in [1.54, 1.807) is 0 Å². The zero-order valence-corrected chi connectivity index (χ0v) is 11.1. The van der Waals surface area contributed by atoms with Crippen LogP contribution in [0.4, 0.5) is 8.78 Å². The molecule has 0 amide bonds. The van der Waals surface area contributed by atoms with Crippen LogP contribution in [0.25, 0.3) is 0 Å². The van der Waals surface area contributed by atoms with Crippen molar-refractivity contribution in [2.24, 2.45) is 5.92 Å². The molecule has 0 aliphatic heterocycles. The Labute approximate surface area is 112 Å². The van der Waals surface area contributed by atoms with E-state index in [-0.39, 0.29) is 5.92 Å². The molecule has 104 valence electrons. The van der Waals surface area contributed by atoms with Gasteiger partial charge in [-0.25, -0.2) is 8.78 Å². The Bertz CT molecular complexity index is 443. The Morgan fingerprint density at radius 2 is 1.74 bits per heavy atom. The monoisotopic (exact) mass is 268 g/mol. The predicted molar refractivity (Wildman–Crippen MR) is 71.2 cm³/mol. The van der Waals surface area contributed by atoms with Crippen molar-refractivity contribution in [1.82, 2.24) is 0 Å². The highest BCUT2D eigenvalue weighted by molar-refractivity contribution is 6.58. The summed E-state index contributed by atoms with van der Waals surface area (Å²) < 4.78 is 27.7. The molecule has 2 rings (SSSR count). The molecular formula is C14H19BF2O2. The molecule has 0 bridgehead atoms. The molecule has 0 heterocycles. The Kier molecular flexibility index (Phi) is 4.58. The van der Waals surface area contributed by atoms with E-state index in [9.17, 15) is 8.78 Å². The number of hydrogen-bond donors (Lipinski definition) is 2. The molecule has 0 aromatic heterocycles. The van der Waals surface area contributed by atoms with E-state index in [2.05, 4.69) is 6.92 Å². The van der Waals surface area contributed by atoms with E-state index in [0.29, 0.717) is 11.5 Å². The second-order valence-corrected chi connectivity index (χ2v) is 5.37. The van der Waals surface area contributed by atoms with Crippen molar-refractivity contribution < 1.29 is 18.8 Å². The van der Waals surface area contributed by atoms with Crippen LogP contribution in [0.1, 0.15) is 50.5 Å². The van der Waals surface area contributed by atoms with Crippen LogP contribution in [0.2, 0.25) is 0 Å². The van der Waals surface area contributed by atoms with Gasteiger partial charge in [-0.1, -0.05) is 25.5 Å². The average Bonchev–Trinajstić information content (AvgIpc) is 2.41. The first-order valence-corrected chi connectivity index (χ1v) is 6.88. The molecule has 1 aliphatic carbocycles. The first-order valence-electron chi connectivity index (χ1n) is 6.88. The van der Waals surface area contributed by atoms with Crippen molar-refractivity contribution in [1.29, 1.82) is 0 Å². The summed E-state index contributed by atoms with van der Waals surface area (Å²) in [5.41, 5.74) is -0.0278. The van der Waals surface area contributed by atoms with Crippen LogP contribution in [0.3, 0.4) is 0 Å². The van der Waals surface area contributed by atoms with Gasteiger partial charge in [0.1, 0.15) is 0 Å². The maximum absolute atomic E-state index is 14.0. The molecule has 1 aromatic carbocycles. The summed E-state index contributed by atoms with van der Waals surface area (Å²) in [5, 5.41) is 17.9. The SMILES string of the molecule is CCC1CCC(c2ccc(B(O)O)c(F)c2F)CC1. The molecule has 1 aliphatic rings. The fraction of sp³-hybridized carbons (Fsp3) is 0.571. The summed E-state index contributed by atoms with van der Waals surface area (Å²) in [5.74, 6) is -1.32. The molecule has 0 unspecified atom stereocenters. The van der Waals surface area contributed by atoms with Gasteiger partial charge in [-0.3, -0.25) is 0 Å². The van der Waals surface area contributed by atoms with Gasteiger partial charge in [0.2, 0.25) is 0 Å². The van der Waals surface area contributed by atoms with E-state index in [1.807, 2.05) is 0 Å². The third-order valence-corrected chi connectivity index (χ3v) is 4.28. The quantitative estimate of drug-likeness (QED) is 0.826. The van der Waals surface area contributed by atoms with Gasteiger partial charge < -0.3 is 10.0 Å². The predicted octanol–water partition coefficient (Wildman–Crippen LogP) is 2.33. The van der Waals surface area contributed by atoms with Gasteiger partial charge in [0.05, 0.1) is 0 Å². The van der Waals surface area contributed by atoms with Crippen LogP contribution in [0, 0.1) is 17.6 Å². The molecule has 5 heteroatoms. The lowest BCUT2D eigenvalue weighted by Crippen LogP contribution is -2.34. The molecule has 0 spiro atoms. The van der Waals surface area contributed by atoms with E-state index in [1.165, 1.54) is 12.1 Å². The molecule has 1 fully saturated rings. The number of halogens is 2. The zero-order valence-electron chi connectivity index (χ0n) is 11.1. The number of benzene rings is 1. The highest BCUT2D eigenvalue weighted by Crippen LogP contribution is 2.37. The van der Waals surface area contributed by atoms with Gasteiger partial charge in [0, 0.05) is 5.46 Å². The number of hydrogen-bond acceptors (Lipinski definition) is 2. The van der Waals surface area contributed by atoms with Crippen molar-refractivity contribution in [2.45, 2.75) is 44.9 Å². The lowest BCUT2D eigenvalue weighted by Gasteiger charge is -2.28. The number of rotatable bonds is 3. The summed E-state index contributed by atoms with van der Waals surface area (Å²) in [4.78, 5) is 0. The van der Waals surface area contributed by atoms with Gasteiger partial charge in [-0.2, -0.15) is 0 Å². The zero-order chi connectivity index (χ0) is 14.0. The second kappa shape index (κ2) is 6.01. The maximum atomic E-state index is 14.0. The molecule has 0 radical (unpaired) electrons. The highest BCUT2D eigenvalue weighted by atomic mass is 19.2. The van der Waals surface area contributed by atoms with Crippen molar-refractivity contribution in [3.63, 3.8) is 0 Å². The van der Waals surface area contributed by atoms with E-state index in [0.717, 1.165) is 32.1 Å². The third kappa shape index (κ3) is 2.98. The molecule has 1 aromatic rings. The van der Waals surface area contributed by atoms with E-state index in [4.69, 9.17) is 10.0 Å². The van der Waals surface area contributed by atoms with Crippen LogP contribution in [0.5, 0.6) is 0 Å². The molecule has 19 heavy (non-hydrogen) atoms. The maximum Gasteiger partial charge on any atom is 0.491 e. The smallest absolute Gasteiger partial charge is 0.423 e. The van der Waals surface area contributed by atoms with Crippen molar-refractivity contribution in [3.05, 3.63) is 29.3 Å². The molecule has 2 N–H and O–H groups in total. The Morgan fingerprint density at radius 3 is 2.26 bits per heavy atom. The summed E-state index contributed by atoms with van der Waals surface area (Å²) in [6, 6.07) is 2.76. The lowest BCUT2D eigenvalue weighted by molar-refractivity contribution is 0.312. The highest BCUT2D eigenvalue weighted by Gasteiger charge is 2.27. The average molecular weight is 268 g/mol. The molecule has 2 nitrogen and oxygen atoms in total. The van der Waals surface area contributed by atoms with Crippen LogP contribution >= 0.6 is 0 Å². The normalized spacial score (nSPS) is 23.4. The van der Waals surface area contributed by atoms with Gasteiger partial charge >= 0.3 is 7.12 Å². The lowest BCUT2D eigenvalue weighted by atomic mass is 9.75. The second-order valence-electron chi connectivity index (χ2n) is 5.37. The summed E-state index contributed by atoms with van der Waals surface area (Å²) in [6.07, 6.45) is 4.98. The Morgan fingerprint density at radius 1 is 1.11 bits per heavy atom. The molecule has 1 saturated carbocycles. The first kappa shape index (κ1) is 14.5. The van der Waals surface area contributed by atoms with Gasteiger partial charge in [0.15, 0.2) is 11.6 Å². The van der Waals surface area contributed by atoms with Gasteiger partial charge in [0.25, 0.3) is 0 Å². The minimum atomic E-state index is -1.97. The summed E-state index contributed by atoms with van der Waals surface area (Å²) >= 11 is 0. The first-order chi connectivity index (χ1) is 9.04. The largest absolute Gasteiger partial charge is 0.491 e. The van der Waals surface area contributed by atoms with Crippen LogP contribution in [-0.4, -0.2) is 17.2 Å². The molecular weight excluding hydrogens is 249 g/mol. The Hall–Kier alpha value is -0.935. The van der Waals surface area contributed by atoms with Crippen molar-refractivity contribution >= 4 is 12.6 Å². The topological polar surface area (TPSA) is 40.5 Å². The van der Waals surface area contributed by atoms with Crippen molar-refractivity contribution in [3.8, 4) is 0 Å². The molecule has 0 saturated heterocycles. The minimum Gasteiger partial charge on any atom is -0.423 e. The van der Waals surface area contributed by atoms with E-state index < -0.39 is 24.2 Å². The van der Waals surface area contributed by atoms with Crippen LogP contribution in [-0.2, 0) is 0 Å². The standard InChI is InChI=1S/C14H19BF2O2/c1-2-9-3-5-10(6-4-9)11-7-8-12(15(18)19)14(17)13(11)16/h7-10,18-19H,2-6H2,1H3. The van der Waals surface area contributed by atoms with Crippen LogP contribution in [0.15, 0.2) is 12.1 Å². The Balaban J connectivity index is 2.20. The van der Waals surface area contributed by atoms with Gasteiger partial charge in [-0.05, 0) is 43.1 Å². The minimum absolute atomic E-state index is 0.0437. The van der Waals surface area contributed by atoms with Crippen LogP contribution < -0.4 is 5.46 Å². The fourth-order valence-electron chi connectivity index (χ4n) is 2.98. The fourth-order valence-corrected chi connectivity index (χ4v) is 2.98. The van der Waals surface area contributed by atoms with Gasteiger partial charge in [-0.15, -0.1) is 0 Å². The van der Waals surface area contributed by atoms with Crippen molar-refractivity contribution in [2.75, 3.05) is 0 Å².